The first kappa shape index (κ1) is 11.4. The van der Waals surface area contributed by atoms with Crippen LogP contribution in [0.25, 0.3) is 6.08 Å². The molecule has 0 aromatic heterocycles. The molecule has 4 heteroatoms. The van der Waals surface area contributed by atoms with E-state index in [9.17, 15) is 8.78 Å². The maximum Gasteiger partial charge on any atom is 0.266 e. The van der Waals surface area contributed by atoms with Crippen molar-refractivity contribution in [3.8, 4) is 0 Å². The Morgan fingerprint density at radius 2 is 2.19 bits per heavy atom. The van der Waals surface area contributed by atoms with Gasteiger partial charge in [0.25, 0.3) is 5.92 Å². The van der Waals surface area contributed by atoms with Crippen LogP contribution in [0, 0.1) is 0 Å². The van der Waals surface area contributed by atoms with Gasteiger partial charge in [-0.3, -0.25) is 0 Å². The van der Waals surface area contributed by atoms with Crippen molar-refractivity contribution in [2.24, 2.45) is 0 Å². The van der Waals surface area contributed by atoms with Gasteiger partial charge in [-0.05, 0) is 17.7 Å². The molecule has 1 aromatic rings. The third kappa shape index (κ3) is 2.19. The summed E-state index contributed by atoms with van der Waals surface area (Å²) >= 11 is 6.05. The fourth-order valence-electron chi connectivity index (χ4n) is 1.85. The molecule has 1 nitrogen and oxygen atoms in total. The zero-order valence-electron chi connectivity index (χ0n) is 8.72. The molecule has 1 saturated heterocycles. The van der Waals surface area contributed by atoms with E-state index in [0.29, 0.717) is 17.3 Å². The van der Waals surface area contributed by atoms with Gasteiger partial charge in [-0.2, -0.15) is 0 Å². The van der Waals surface area contributed by atoms with Crippen molar-refractivity contribution in [3.63, 3.8) is 0 Å². The van der Waals surface area contributed by atoms with Crippen molar-refractivity contribution in [2.75, 3.05) is 18.0 Å². The molecule has 1 aliphatic rings. The minimum Gasteiger partial charge on any atom is -0.364 e. The summed E-state index contributed by atoms with van der Waals surface area (Å²) in [4.78, 5) is 1.62. The van der Waals surface area contributed by atoms with Crippen LogP contribution in [0.1, 0.15) is 12.0 Å². The van der Waals surface area contributed by atoms with Crippen molar-refractivity contribution in [1.29, 1.82) is 0 Å². The van der Waals surface area contributed by atoms with Crippen molar-refractivity contribution in [3.05, 3.63) is 35.4 Å². The predicted octanol–water partition coefficient (Wildman–Crippen LogP) is 3.83. The van der Waals surface area contributed by atoms with E-state index >= 15 is 0 Å². The molecule has 0 unspecified atom stereocenters. The number of benzene rings is 1. The van der Waals surface area contributed by atoms with Crippen molar-refractivity contribution in [2.45, 2.75) is 12.3 Å². The molecule has 1 heterocycles. The number of hydrogen-bond donors (Lipinski definition) is 0. The van der Waals surface area contributed by atoms with Crippen LogP contribution in [0.5, 0.6) is 0 Å². The lowest BCUT2D eigenvalue weighted by Gasteiger charge is -2.19. The minimum absolute atomic E-state index is 0.105. The van der Waals surface area contributed by atoms with Gasteiger partial charge < -0.3 is 4.90 Å². The van der Waals surface area contributed by atoms with E-state index in [1.807, 2.05) is 6.07 Å². The molecule has 0 amide bonds. The van der Waals surface area contributed by atoms with E-state index in [1.165, 1.54) is 0 Å². The molecule has 2 rings (SSSR count). The average molecular weight is 244 g/mol. The monoisotopic (exact) mass is 243 g/mol. The van der Waals surface area contributed by atoms with Crippen LogP contribution in [0.4, 0.5) is 14.5 Å². The van der Waals surface area contributed by atoms with Gasteiger partial charge in [0.15, 0.2) is 0 Å². The highest BCUT2D eigenvalue weighted by atomic mass is 35.5. The number of alkyl halides is 2. The molecule has 0 aliphatic carbocycles. The van der Waals surface area contributed by atoms with E-state index in [0.717, 1.165) is 5.56 Å². The number of halogens is 3. The minimum atomic E-state index is -2.60. The third-order valence-corrected chi connectivity index (χ3v) is 3.02. The fourth-order valence-corrected chi connectivity index (χ4v) is 2.16. The number of hydrogen-bond acceptors (Lipinski definition) is 1. The van der Waals surface area contributed by atoms with Gasteiger partial charge in [0.05, 0.1) is 17.3 Å². The lowest BCUT2D eigenvalue weighted by molar-refractivity contribution is 0.0257. The molecular formula is C12H12ClF2N. The van der Waals surface area contributed by atoms with Crippen LogP contribution in [-0.2, 0) is 0 Å². The molecule has 0 radical (unpaired) electrons. The Labute approximate surface area is 98.3 Å². The van der Waals surface area contributed by atoms with Crippen LogP contribution >= 0.6 is 11.6 Å². The highest BCUT2D eigenvalue weighted by molar-refractivity contribution is 6.33. The van der Waals surface area contributed by atoms with Crippen molar-refractivity contribution in [1.82, 2.24) is 0 Å². The average Bonchev–Trinajstić information content (AvgIpc) is 2.58. The van der Waals surface area contributed by atoms with Crippen LogP contribution in [0.3, 0.4) is 0 Å². The van der Waals surface area contributed by atoms with Gasteiger partial charge in [0.2, 0.25) is 0 Å². The highest BCUT2D eigenvalue weighted by Gasteiger charge is 2.38. The molecule has 1 aliphatic heterocycles. The summed E-state index contributed by atoms with van der Waals surface area (Å²) < 4.78 is 26.1. The summed E-state index contributed by atoms with van der Waals surface area (Å²) in [5.41, 5.74) is 1.56. The van der Waals surface area contributed by atoms with E-state index in [4.69, 9.17) is 11.6 Å². The maximum atomic E-state index is 13.1. The van der Waals surface area contributed by atoms with Crippen LogP contribution in [-0.4, -0.2) is 19.0 Å². The maximum absolute atomic E-state index is 13.1. The number of nitrogens with zero attached hydrogens (tertiary/aromatic N) is 1. The molecule has 0 N–H and O–H groups in total. The smallest absolute Gasteiger partial charge is 0.266 e. The quantitative estimate of drug-likeness (QED) is 0.763. The molecular weight excluding hydrogens is 232 g/mol. The lowest BCUT2D eigenvalue weighted by atomic mass is 10.2. The molecule has 1 fully saturated rings. The van der Waals surface area contributed by atoms with Gasteiger partial charge >= 0.3 is 0 Å². The first-order valence-electron chi connectivity index (χ1n) is 5.07. The van der Waals surface area contributed by atoms with Gasteiger partial charge in [-0.1, -0.05) is 30.3 Å². The second-order valence-electron chi connectivity index (χ2n) is 3.94. The molecule has 16 heavy (non-hydrogen) atoms. The number of rotatable bonds is 2. The Bertz CT molecular complexity index is 417. The number of anilines is 1. The zero-order chi connectivity index (χ0) is 11.8. The van der Waals surface area contributed by atoms with Crippen molar-refractivity contribution >= 4 is 23.4 Å². The van der Waals surface area contributed by atoms with E-state index in [-0.39, 0.29) is 13.0 Å². The summed E-state index contributed by atoms with van der Waals surface area (Å²) in [6.45, 7) is 3.73. The summed E-state index contributed by atoms with van der Waals surface area (Å²) in [5, 5.41) is 0.495. The van der Waals surface area contributed by atoms with Gasteiger partial charge in [0.1, 0.15) is 0 Å². The van der Waals surface area contributed by atoms with Gasteiger partial charge in [0, 0.05) is 13.0 Å². The van der Waals surface area contributed by atoms with Crippen LogP contribution in [0.2, 0.25) is 5.02 Å². The Kier molecular flexibility index (Phi) is 2.89. The predicted molar refractivity (Wildman–Crippen MR) is 63.3 cm³/mol. The zero-order valence-corrected chi connectivity index (χ0v) is 9.47. The standard InChI is InChI=1S/C12H12ClF2N/c1-2-9-3-4-11(10(13)7-9)16-6-5-12(14,15)8-16/h2-4,7H,1,5-6,8H2. The van der Waals surface area contributed by atoms with Gasteiger partial charge in [-0.25, -0.2) is 8.78 Å². The second kappa shape index (κ2) is 4.06. The highest BCUT2D eigenvalue weighted by Crippen LogP contribution is 2.35. The summed E-state index contributed by atoms with van der Waals surface area (Å²) in [7, 11) is 0. The molecule has 0 saturated carbocycles. The van der Waals surface area contributed by atoms with Crippen LogP contribution < -0.4 is 4.90 Å². The Morgan fingerprint density at radius 3 is 2.69 bits per heavy atom. The van der Waals surface area contributed by atoms with E-state index < -0.39 is 5.92 Å². The second-order valence-corrected chi connectivity index (χ2v) is 4.35. The summed E-state index contributed by atoms with van der Waals surface area (Å²) in [6, 6.07) is 5.33. The Hall–Kier alpha value is -1.09. The molecule has 0 bridgehead atoms. The van der Waals surface area contributed by atoms with E-state index in [1.54, 1.807) is 23.1 Å². The van der Waals surface area contributed by atoms with Crippen molar-refractivity contribution < 1.29 is 8.78 Å². The topological polar surface area (TPSA) is 3.24 Å². The van der Waals surface area contributed by atoms with Crippen LogP contribution in [0.15, 0.2) is 24.8 Å². The van der Waals surface area contributed by atoms with Gasteiger partial charge in [-0.15, -0.1) is 0 Å². The molecule has 0 atom stereocenters. The first-order chi connectivity index (χ1) is 7.52. The third-order valence-electron chi connectivity index (χ3n) is 2.72. The normalized spacial score (nSPS) is 18.8. The molecule has 1 aromatic carbocycles. The first-order valence-corrected chi connectivity index (χ1v) is 5.44. The Morgan fingerprint density at radius 1 is 1.44 bits per heavy atom. The van der Waals surface area contributed by atoms with E-state index in [2.05, 4.69) is 6.58 Å². The fraction of sp³-hybridized carbons (Fsp3) is 0.333. The lowest BCUT2D eigenvalue weighted by Crippen LogP contribution is -2.25. The SMILES string of the molecule is C=Cc1ccc(N2CCC(F)(F)C2)c(Cl)c1. The largest absolute Gasteiger partial charge is 0.364 e. The molecule has 86 valence electrons. The summed E-state index contributed by atoms with van der Waals surface area (Å²) in [5.74, 6) is -2.60. The Balaban J connectivity index is 2.25. The summed E-state index contributed by atoms with van der Waals surface area (Å²) in [6.07, 6.45) is 1.57. The molecule has 0 spiro atoms.